The highest BCUT2D eigenvalue weighted by molar-refractivity contribution is 6.15. The van der Waals surface area contributed by atoms with Gasteiger partial charge in [-0.2, -0.15) is 0 Å². The molecule has 0 fully saturated rings. The number of hydrogen-bond donors (Lipinski definition) is 1. The molecule has 0 aliphatic rings. The zero-order valence-electron chi connectivity index (χ0n) is 12.9. The van der Waals surface area contributed by atoms with E-state index in [0.717, 1.165) is 0 Å². The summed E-state index contributed by atoms with van der Waals surface area (Å²) in [5.41, 5.74) is 3.68. The van der Waals surface area contributed by atoms with Gasteiger partial charge >= 0.3 is 0 Å². The first-order chi connectivity index (χ1) is 11.4. The average molecular weight is 298 g/mol. The summed E-state index contributed by atoms with van der Waals surface area (Å²) in [6.07, 6.45) is 0.662. The largest absolute Gasteiger partial charge is 0.396 e. The van der Waals surface area contributed by atoms with Crippen molar-refractivity contribution in [2.45, 2.75) is 6.42 Å². The van der Waals surface area contributed by atoms with Crippen LogP contribution in [-0.2, 0) is 6.42 Å². The van der Waals surface area contributed by atoms with Crippen LogP contribution in [0.1, 0.15) is 5.56 Å². The second-order valence-electron chi connectivity index (χ2n) is 5.78. The van der Waals surface area contributed by atoms with Crippen molar-refractivity contribution in [3.63, 3.8) is 0 Å². The van der Waals surface area contributed by atoms with Gasteiger partial charge in [0.15, 0.2) is 0 Å². The van der Waals surface area contributed by atoms with Crippen molar-refractivity contribution in [2.24, 2.45) is 0 Å². The molecule has 0 unspecified atom stereocenters. The van der Waals surface area contributed by atoms with E-state index < -0.39 is 0 Å². The summed E-state index contributed by atoms with van der Waals surface area (Å²) < 4.78 is 0. The van der Waals surface area contributed by atoms with Crippen LogP contribution in [0.25, 0.3) is 32.7 Å². The molecule has 0 aliphatic heterocycles. The maximum Gasteiger partial charge on any atom is 0.0471 e. The van der Waals surface area contributed by atoms with Crippen LogP contribution in [0.15, 0.2) is 78.9 Å². The highest BCUT2D eigenvalue weighted by atomic mass is 16.2. The van der Waals surface area contributed by atoms with Crippen LogP contribution in [0, 0.1) is 0 Å². The van der Waals surface area contributed by atoms with E-state index in [1.165, 1.54) is 38.2 Å². The molecule has 4 aromatic rings. The minimum Gasteiger partial charge on any atom is -0.396 e. The van der Waals surface area contributed by atoms with Crippen LogP contribution >= 0.6 is 0 Å². The summed E-state index contributed by atoms with van der Waals surface area (Å²) in [5.74, 6) is 0. The first kappa shape index (κ1) is 14.0. The Morgan fingerprint density at radius 2 is 1.09 bits per heavy atom. The monoisotopic (exact) mass is 298 g/mol. The minimum absolute atomic E-state index is 0.155. The first-order valence-corrected chi connectivity index (χ1v) is 7.99. The van der Waals surface area contributed by atoms with Crippen molar-refractivity contribution >= 4 is 21.5 Å². The third-order valence-corrected chi connectivity index (χ3v) is 4.46. The van der Waals surface area contributed by atoms with Gasteiger partial charge in [-0.25, -0.2) is 0 Å². The molecule has 1 N–H and O–H groups in total. The summed E-state index contributed by atoms with van der Waals surface area (Å²) in [5, 5.41) is 14.6. The van der Waals surface area contributed by atoms with Crippen molar-refractivity contribution in [3.8, 4) is 11.1 Å². The van der Waals surface area contributed by atoms with E-state index in [9.17, 15) is 5.11 Å². The third-order valence-electron chi connectivity index (χ3n) is 4.46. The van der Waals surface area contributed by atoms with Crippen LogP contribution < -0.4 is 0 Å². The molecule has 0 amide bonds. The Morgan fingerprint density at radius 3 is 1.74 bits per heavy atom. The lowest BCUT2D eigenvalue weighted by molar-refractivity contribution is 0.300. The lowest BCUT2D eigenvalue weighted by Crippen LogP contribution is -1.98. The molecule has 0 spiro atoms. The number of aliphatic hydroxyl groups is 1. The smallest absolute Gasteiger partial charge is 0.0471 e. The molecular weight excluding hydrogens is 280 g/mol. The zero-order valence-corrected chi connectivity index (χ0v) is 12.9. The molecule has 0 aliphatic carbocycles. The van der Waals surface area contributed by atoms with E-state index in [1.807, 2.05) is 6.07 Å². The SMILES string of the molecule is OCCc1c(-c2ccccc2)c2ccccc2c2ccccc12. The highest BCUT2D eigenvalue weighted by Gasteiger charge is 2.14. The van der Waals surface area contributed by atoms with Gasteiger partial charge in [-0.3, -0.25) is 0 Å². The van der Waals surface area contributed by atoms with E-state index >= 15 is 0 Å². The summed E-state index contributed by atoms with van der Waals surface area (Å²) in [7, 11) is 0. The Balaban J connectivity index is 2.23. The van der Waals surface area contributed by atoms with E-state index in [2.05, 4.69) is 72.8 Å². The average Bonchev–Trinajstić information content (AvgIpc) is 2.63. The molecule has 0 bridgehead atoms. The molecular formula is C22H18O. The predicted molar refractivity (Wildman–Crippen MR) is 97.7 cm³/mol. The number of rotatable bonds is 3. The molecule has 4 aromatic carbocycles. The van der Waals surface area contributed by atoms with Crippen LogP contribution in [0.4, 0.5) is 0 Å². The quantitative estimate of drug-likeness (QED) is 0.516. The van der Waals surface area contributed by atoms with Crippen LogP contribution in [0.3, 0.4) is 0 Å². The number of benzene rings is 4. The molecule has 0 saturated heterocycles. The van der Waals surface area contributed by atoms with Crippen molar-refractivity contribution in [2.75, 3.05) is 6.61 Å². The van der Waals surface area contributed by atoms with Crippen molar-refractivity contribution in [1.29, 1.82) is 0 Å². The summed E-state index contributed by atoms with van der Waals surface area (Å²) >= 11 is 0. The van der Waals surface area contributed by atoms with E-state index in [0.29, 0.717) is 6.42 Å². The molecule has 4 rings (SSSR count). The molecule has 0 heterocycles. The Bertz CT molecular complexity index is 971. The van der Waals surface area contributed by atoms with Gasteiger partial charge in [0.2, 0.25) is 0 Å². The minimum atomic E-state index is 0.155. The summed E-state index contributed by atoms with van der Waals surface area (Å²) in [6, 6.07) is 27.5. The Kier molecular flexibility index (Phi) is 3.57. The van der Waals surface area contributed by atoms with Crippen molar-refractivity contribution in [3.05, 3.63) is 84.4 Å². The van der Waals surface area contributed by atoms with Crippen molar-refractivity contribution < 1.29 is 5.11 Å². The third kappa shape index (κ3) is 2.30. The first-order valence-electron chi connectivity index (χ1n) is 7.99. The summed E-state index contributed by atoms with van der Waals surface area (Å²) in [4.78, 5) is 0. The van der Waals surface area contributed by atoms with Gasteiger partial charge in [0.1, 0.15) is 0 Å². The number of fused-ring (bicyclic) bond motifs is 3. The molecule has 1 heteroatoms. The maximum absolute atomic E-state index is 9.62. The fourth-order valence-corrected chi connectivity index (χ4v) is 3.52. The molecule has 0 atom stereocenters. The van der Waals surface area contributed by atoms with Gasteiger partial charge < -0.3 is 5.11 Å². The Morgan fingerprint density at radius 1 is 0.565 bits per heavy atom. The second kappa shape index (κ2) is 5.86. The summed E-state index contributed by atoms with van der Waals surface area (Å²) in [6.45, 7) is 0.155. The standard InChI is InChI=1S/C22H18O/c23-15-14-21-19-12-5-4-10-17(19)18-11-6-7-13-20(18)22(21)16-8-2-1-3-9-16/h1-13,23H,14-15H2. The molecule has 0 aromatic heterocycles. The fraction of sp³-hybridized carbons (Fsp3) is 0.0909. The molecule has 1 nitrogen and oxygen atoms in total. The normalized spacial score (nSPS) is 11.2. The maximum atomic E-state index is 9.62. The van der Waals surface area contributed by atoms with Gasteiger partial charge in [-0.1, -0.05) is 78.9 Å². The van der Waals surface area contributed by atoms with E-state index in [1.54, 1.807) is 0 Å². The molecule has 0 radical (unpaired) electrons. The van der Waals surface area contributed by atoms with Crippen LogP contribution in [-0.4, -0.2) is 11.7 Å². The van der Waals surface area contributed by atoms with Crippen LogP contribution in [0.5, 0.6) is 0 Å². The van der Waals surface area contributed by atoms with Gasteiger partial charge in [-0.15, -0.1) is 0 Å². The topological polar surface area (TPSA) is 20.2 Å². The van der Waals surface area contributed by atoms with Gasteiger partial charge in [-0.05, 0) is 44.7 Å². The highest BCUT2D eigenvalue weighted by Crippen LogP contribution is 2.39. The Labute approximate surface area is 135 Å². The van der Waals surface area contributed by atoms with Gasteiger partial charge in [0.05, 0.1) is 0 Å². The lowest BCUT2D eigenvalue weighted by Gasteiger charge is -2.17. The van der Waals surface area contributed by atoms with Gasteiger partial charge in [0.25, 0.3) is 0 Å². The van der Waals surface area contributed by atoms with Gasteiger partial charge in [0, 0.05) is 6.61 Å². The fourth-order valence-electron chi connectivity index (χ4n) is 3.52. The zero-order chi connectivity index (χ0) is 15.6. The predicted octanol–water partition coefficient (Wildman–Crippen LogP) is 5.19. The van der Waals surface area contributed by atoms with Crippen LogP contribution in [0.2, 0.25) is 0 Å². The Hall–Kier alpha value is -2.64. The van der Waals surface area contributed by atoms with E-state index in [-0.39, 0.29) is 6.61 Å². The molecule has 23 heavy (non-hydrogen) atoms. The molecule has 0 saturated carbocycles. The number of hydrogen-bond acceptors (Lipinski definition) is 1. The van der Waals surface area contributed by atoms with E-state index in [4.69, 9.17) is 0 Å². The molecule has 112 valence electrons. The number of aliphatic hydroxyl groups excluding tert-OH is 1. The lowest BCUT2D eigenvalue weighted by atomic mass is 9.87. The van der Waals surface area contributed by atoms with Crippen molar-refractivity contribution in [1.82, 2.24) is 0 Å². The second-order valence-corrected chi connectivity index (χ2v) is 5.78.